The molecule has 12 atom stereocenters. The van der Waals surface area contributed by atoms with E-state index in [1.807, 2.05) is 0 Å². The van der Waals surface area contributed by atoms with Gasteiger partial charge in [-0.2, -0.15) is 0 Å². The van der Waals surface area contributed by atoms with Crippen LogP contribution in [0.2, 0.25) is 0 Å². The summed E-state index contributed by atoms with van der Waals surface area (Å²) < 4.78 is 56.7. The van der Waals surface area contributed by atoms with Gasteiger partial charge < -0.3 is 41.0 Å². The van der Waals surface area contributed by atoms with E-state index in [-0.39, 0.29) is 26.1 Å². The Morgan fingerprint density at radius 3 is 1.60 bits per heavy atom. The lowest BCUT2D eigenvalue weighted by atomic mass is 9.73. The van der Waals surface area contributed by atoms with Gasteiger partial charge in [0.05, 0.1) is 47.9 Å². The molecule has 14 heteroatoms. The van der Waals surface area contributed by atoms with Crippen LogP contribution in [0.3, 0.4) is 0 Å². The molecule has 2 aromatic heterocycles. The summed E-state index contributed by atoms with van der Waals surface area (Å²) in [7, 11) is 0. The molecule has 5 aliphatic heterocycles. The van der Waals surface area contributed by atoms with E-state index in [0.717, 1.165) is 37.1 Å². The first-order chi connectivity index (χ1) is 20.4. The normalized spacial score (nSPS) is 46.5. The van der Waals surface area contributed by atoms with E-state index in [4.69, 9.17) is 30.4 Å². The highest BCUT2D eigenvalue weighted by Gasteiger charge is 2.65. The maximum Gasteiger partial charge on any atom is 0.145 e. The Morgan fingerprint density at radius 1 is 0.714 bits per heavy atom. The van der Waals surface area contributed by atoms with Crippen LogP contribution in [0.4, 0.5) is 20.4 Å². The summed E-state index contributed by atoms with van der Waals surface area (Å²) in [6.45, 7) is 1.53. The standard InChI is InChI=1S/C28H34F2N8O4/c29-19-13-3-27-17-21(27)35-9-37-25(17)33-5-11-1-2-12(11)6-34-26-18-22(36-10-38-26)28(18,40-8-16(13)42-23(19)31)4-14-15(7-39-27)41-24(32)20(14)30/h9-16,19-20,23-24H,1-8,31-32H2,(H,33,35,37)(H,34,36,38)/t11?,12?,13-,14-,15-,16-,19-,20-,23-,24-,27?,28?/m1/s1. The second-order valence-corrected chi connectivity index (χ2v) is 12.9. The molecule has 0 aromatic carbocycles. The number of fused-ring (bicyclic) bond motifs is 4. The van der Waals surface area contributed by atoms with Gasteiger partial charge in [0.1, 0.15) is 60.3 Å². The monoisotopic (exact) mass is 584 g/mol. The average molecular weight is 585 g/mol. The van der Waals surface area contributed by atoms with Gasteiger partial charge in [0.15, 0.2) is 0 Å². The van der Waals surface area contributed by atoms with Crippen molar-refractivity contribution in [3.63, 3.8) is 0 Å². The zero-order chi connectivity index (χ0) is 28.4. The van der Waals surface area contributed by atoms with Crippen molar-refractivity contribution in [3.8, 4) is 0 Å². The Bertz CT molecular complexity index is 1330. The number of nitrogens with zero attached hydrogens (tertiary/aromatic N) is 4. The number of rotatable bonds is 0. The van der Waals surface area contributed by atoms with E-state index in [9.17, 15) is 0 Å². The highest BCUT2D eigenvalue weighted by atomic mass is 19.1. The third-order valence-corrected chi connectivity index (χ3v) is 10.9. The molecule has 4 unspecified atom stereocenters. The zero-order valence-electron chi connectivity index (χ0n) is 22.9. The molecule has 6 N–H and O–H groups in total. The molecule has 3 aliphatic carbocycles. The van der Waals surface area contributed by atoms with Gasteiger partial charge in [-0.05, 0) is 37.5 Å². The van der Waals surface area contributed by atoms with Gasteiger partial charge in [-0.25, -0.2) is 28.7 Å². The molecular formula is C28H34F2N8O4. The maximum absolute atomic E-state index is 15.8. The van der Waals surface area contributed by atoms with Crippen molar-refractivity contribution in [3.05, 3.63) is 35.2 Å². The van der Waals surface area contributed by atoms with Crippen LogP contribution in [-0.2, 0) is 30.1 Å². The summed E-state index contributed by atoms with van der Waals surface area (Å²) in [5, 5.41) is 7.08. The Balaban J connectivity index is 1.18. The summed E-state index contributed by atoms with van der Waals surface area (Å²) in [4.78, 5) is 18.2. The van der Waals surface area contributed by atoms with Gasteiger partial charge in [-0.1, -0.05) is 0 Å². The second-order valence-electron chi connectivity index (χ2n) is 12.9. The fourth-order valence-electron chi connectivity index (χ4n) is 8.22. The molecule has 42 heavy (non-hydrogen) atoms. The summed E-state index contributed by atoms with van der Waals surface area (Å²) in [6, 6.07) is 0. The zero-order valence-corrected chi connectivity index (χ0v) is 22.9. The van der Waals surface area contributed by atoms with Gasteiger partial charge in [0, 0.05) is 24.9 Å². The first kappa shape index (κ1) is 25.8. The average Bonchev–Trinajstić information content (AvgIpc) is 3.76. The summed E-state index contributed by atoms with van der Waals surface area (Å²) in [6.07, 6.45) is -0.794. The molecule has 12 nitrogen and oxygen atoms in total. The Hall–Kier alpha value is -2.62. The minimum atomic E-state index is -1.45. The predicted molar refractivity (Wildman–Crippen MR) is 142 cm³/mol. The minimum Gasteiger partial charge on any atom is -0.369 e. The van der Waals surface area contributed by atoms with Crippen LogP contribution >= 0.6 is 0 Å². The second kappa shape index (κ2) is 8.96. The molecule has 4 fully saturated rings. The summed E-state index contributed by atoms with van der Waals surface area (Å²) >= 11 is 0. The number of aromatic nitrogens is 4. The molecule has 3 saturated heterocycles. The summed E-state index contributed by atoms with van der Waals surface area (Å²) in [5.74, 6) is 0.941. The summed E-state index contributed by atoms with van der Waals surface area (Å²) in [5.41, 5.74) is 13.1. The van der Waals surface area contributed by atoms with Crippen molar-refractivity contribution in [2.75, 3.05) is 36.9 Å². The third-order valence-electron chi connectivity index (χ3n) is 10.9. The van der Waals surface area contributed by atoms with E-state index >= 15 is 8.78 Å². The van der Waals surface area contributed by atoms with Gasteiger partial charge in [0.2, 0.25) is 0 Å². The number of anilines is 2. The SMILES string of the molecule is N[C@@H]1O[C@@H]2COC34C[C@H]5[C@@H](F)[C@H](N)O[C@@H]5COC5(C[C@H]2[C@H]1F)c1ncnc(c15)NCC1CCC1CNc1ncnc3c14. The number of hydrogen-bond acceptors (Lipinski definition) is 12. The quantitative estimate of drug-likeness (QED) is 0.348. The first-order valence-corrected chi connectivity index (χ1v) is 15.0. The molecule has 1 saturated carbocycles. The fraction of sp³-hybridized carbons (Fsp3) is 0.714. The smallest absolute Gasteiger partial charge is 0.145 e. The number of alkyl halides is 2. The van der Waals surface area contributed by atoms with E-state index in [1.54, 1.807) is 0 Å². The van der Waals surface area contributed by atoms with Gasteiger partial charge >= 0.3 is 0 Å². The van der Waals surface area contributed by atoms with Crippen LogP contribution in [0.15, 0.2) is 12.7 Å². The number of ether oxygens (including phenoxy) is 4. The molecule has 224 valence electrons. The van der Waals surface area contributed by atoms with E-state index in [0.29, 0.717) is 34.9 Å². The lowest BCUT2D eigenvalue weighted by Crippen LogP contribution is -2.39. The predicted octanol–water partition coefficient (Wildman–Crippen LogP) is 1.05. The molecule has 0 amide bonds. The van der Waals surface area contributed by atoms with Crippen LogP contribution in [0.25, 0.3) is 0 Å². The maximum atomic E-state index is 15.8. The highest BCUT2D eigenvalue weighted by Crippen LogP contribution is 2.61. The molecule has 8 aliphatic rings. The number of nitrogens with one attached hydrogen (secondary N) is 2. The van der Waals surface area contributed by atoms with E-state index < -0.39 is 60.0 Å². The molecule has 7 heterocycles. The topological polar surface area (TPSA) is 165 Å². The van der Waals surface area contributed by atoms with Crippen LogP contribution in [-0.4, -0.2) is 83.2 Å². The lowest BCUT2D eigenvalue weighted by Gasteiger charge is -2.37. The van der Waals surface area contributed by atoms with Crippen LogP contribution in [0.1, 0.15) is 48.2 Å². The third kappa shape index (κ3) is 3.53. The van der Waals surface area contributed by atoms with Gasteiger partial charge in [0.25, 0.3) is 0 Å². The molecule has 2 bridgehead atoms. The number of hydrogen-bond donors (Lipinski definition) is 4. The van der Waals surface area contributed by atoms with Crippen molar-refractivity contribution in [1.82, 2.24) is 19.9 Å². The van der Waals surface area contributed by atoms with Crippen LogP contribution in [0.5, 0.6) is 0 Å². The Labute approximate surface area is 240 Å². The molecule has 2 aromatic rings. The number of nitrogens with two attached hydrogens (primary N) is 2. The molecule has 0 radical (unpaired) electrons. The van der Waals surface area contributed by atoms with Crippen molar-refractivity contribution in [2.45, 2.75) is 73.9 Å². The highest BCUT2D eigenvalue weighted by molar-refractivity contribution is 5.67. The van der Waals surface area contributed by atoms with E-state index in [1.165, 1.54) is 12.7 Å². The van der Waals surface area contributed by atoms with Crippen LogP contribution in [0, 0.1) is 23.7 Å². The van der Waals surface area contributed by atoms with Crippen LogP contribution < -0.4 is 22.1 Å². The first-order valence-electron chi connectivity index (χ1n) is 15.0. The van der Waals surface area contributed by atoms with Gasteiger partial charge in [-0.3, -0.25) is 0 Å². The van der Waals surface area contributed by atoms with Crippen molar-refractivity contribution < 1.29 is 27.7 Å². The van der Waals surface area contributed by atoms with E-state index in [2.05, 4.69) is 30.6 Å². The minimum absolute atomic E-state index is 0.0315. The number of halogens is 2. The Kier molecular flexibility index (Phi) is 5.51. The van der Waals surface area contributed by atoms with Crippen molar-refractivity contribution >= 4 is 11.6 Å². The van der Waals surface area contributed by atoms with Crippen molar-refractivity contribution in [2.24, 2.45) is 35.1 Å². The molecular weight excluding hydrogens is 550 g/mol. The largest absolute Gasteiger partial charge is 0.369 e. The van der Waals surface area contributed by atoms with Gasteiger partial charge in [-0.15, -0.1) is 0 Å². The van der Waals surface area contributed by atoms with Crippen molar-refractivity contribution in [1.29, 1.82) is 0 Å². The fourth-order valence-corrected chi connectivity index (χ4v) is 8.22. The Morgan fingerprint density at radius 2 is 1.17 bits per heavy atom. The molecule has 2 spiro atoms. The molecule has 10 rings (SSSR count). The lowest BCUT2D eigenvalue weighted by molar-refractivity contribution is -0.111.